The Morgan fingerprint density at radius 2 is 1.84 bits per heavy atom. The van der Waals surface area contributed by atoms with Crippen molar-refractivity contribution < 1.29 is 24.1 Å². The van der Waals surface area contributed by atoms with Crippen molar-refractivity contribution in [2.24, 2.45) is 0 Å². The van der Waals surface area contributed by atoms with E-state index >= 15 is 0 Å². The van der Waals surface area contributed by atoms with Gasteiger partial charge in [-0.3, -0.25) is 14.6 Å². The van der Waals surface area contributed by atoms with Crippen LogP contribution in [0.4, 0.5) is 0 Å². The summed E-state index contributed by atoms with van der Waals surface area (Å²) in [5, 5.41) is 10.4. The molecule has 31 heavy (non-hydrogen) atoms. The molecule has 0 aliphatic carbocycles. The monoisotopic (exact) mass is 433 g/mol. The number of benzene rings is 1. The van der Waals surface area contributed by atoms with E-state index in [1.807, 2.05) is 42.2 Å². The molecule has 1 unspecified atom stereocenters. The smallest absolute Gasteiger partial charge is 0.236 e. The lowest BCUT2D eigenvalue weighted by Crippen LogP contribution is -2.52. The first-order valence-electron chi connectivity index (χ1n) is 11.0. The van der Waals surface area contributed by atoms with E-state index in [-0.39, 0.29) is 12.5 Å². The van der Waals surface area contributed by atoms with Gasteiger partial charge >= 0.3 is 0 Å². The van der Waals surface area contributed by atoms with Crippen molar-refractivity contribution in [2.45, 2.75) is 13.0 Å². The molecule has 0 saturated carbocycles. The van der Waals surface area contributed by atoms with Gasteiger partial charge in [0, 0.05) is 45.8 Å². The Morgan fingerprint density at radius 3 is 2.52 bits per heavy atom. The van der Waals surface area contributed by atoms with Crippen LogP contribution in [0.5, 0.6) is 11.5 Å². The third-order valence-corrected chi connectivity index (χ3v) is 5.63. The van der Waals surface area contributed by atoms with E-state index in [0.717, 1.165) is 31.7 Å². The Labute approximate surface area is 185 Å². The van der Waals surface area contributed by atoms with Gasteiger partial charge in [-0.1, -0.05) is 18.2 Å². The molecule has 3 rings (SSSR count). The standard InChI is InChI=1S/C23H35N3O5/c1-3-4-19-5-6-21(22(15-19)29-2)31-18-20(27)16-24-7-9-25(10-8-24)17-23(28)26-11-13-30-14-12-26/h3-6,15,20,27H,7-14,16-18H2,1-2H3/b4-3+. The van der Waals surface area contributed by atoms with Crippen molar-refractivity contribution in [3.05, 3.63) is 29.8 Å². The van der Waals surface area contributed by atoms with Crippen LogP contribution in [-0.4, -0.2) is 111 Å². The van der Waals surface area contributed by atoms with Crippen LogP contribution in [0.25, 0.3) is 6.08 Å². The van der Waals surface area contributed by atoms with Gasteiger partial charge in [-0.15, -0.1) is 0 Å². The van der Waals surface area contributed by atoms with Gasteiger partial charge in [0.15, 0.2) is 11.5 Å². The number of carbonyl (C=O) groups is 1. The van der Waals surface area contributed by atoms with Crippen LogP contribution in [-0.2, 0) is 9.53 Å². The minimum atomic E-state index is -0.596. The molecule has 8 heteroatoms. The van der Waals surface area contributed by atoms with Crippen LogP contribution in [0, 0.1) is 0 Å². The molecule has 0 bridgehead atoms. The second-order valence-electron chi connectivity index (χ2n) is 7.95. The largest absolute Gasteiger partial charge is 0.493 e. The van der Waals surface area contributed by atoms with E-state index in [4.69, 9.17) is 14.2 Å². The lowest BCUT2D eigenvalue weighted by atomic mass is 10.2. The van der Waals surface area contributed by atoms with Gasteiger partial charge in [0.05, 0.1) is 26.9 Å². The molecule has 2 aliphatic rings. The highest BCUT2D eigenvalue weighted by atomic mass is 16.5. The van der Waals surface area contributed by atoms with Gasteiger partial charge in [0.1, 0.15) is 12.7 Å². The highest BCUT2D eigenvalue weighted by Gasteiger charge is 2.24. The lowest BCUT2D eigenvalue weighted by molar-refractivity contribution is -0.137. The van der Waals surface area contributed by atoms with E-state index in [2.05, 4.69) is 9.80 Å². The second-order valence-corrected chi connectivity index (χ2v) is 7.95. The van der Waals surface area contributed by atoms with Crippen LogP contribution < -0.4 is 9.47 Å². The molecule has 2 saturated heterocycles. The second kappa shape index (κ2) is 12.0. The molecule has 0 spiro atoms. The molecular formula is C23H35N3O5. The molecule has 0 aromatic heterocycles. The predicted octanol–water partition coefficient (Wildman–Crippen LogP) is 0.944. The molecular weight excluding hydrogens is 398 g/mol. The van der Waals surface area contributed by atoms with Crippen LogP contribution in [0.1, 0.15) is 12.5 Å². The summed E-state index contributed by atoms with van der Waals surface area (Å²) < 4.78 is 16.5. The van der Waals surface area contributed by atoms with Crippen LogP contribution in [0.3, 0.4) is 0 Å². The highest BCUT2D eigenvalue weighted by molar-refractivity contribution is 5.78. The van der Waals surface area contributed by atoms with Crippen molar-refractivity contribution in [1.29, 1.82) is 0 Å². The summed E-state index contributed by atoms with van der Waals surface area (Å²) in [4.78, 5) is 18.7. The van der Waals surface area contributed by atoms with Gasteiger partial charge in [-0.25, -0.2) is 0 Å². The van der Waals surface area contributed by atoms with E-state index in [1.165, 1.54) is 0 Å². The molecule has 1 amide bonds. The minimum absolute atomic E-state index is 0.180. The first kappa shape index (κ1) is 23.5. The number of ether oxygens (including phenoxy) is 3. The van der Waals surface area contributed by atoms with Gasteiger partial charge in [-0.05, 0) is 24.6 Å². The SMILES string of the molecule is C/C=C/c1ccc(OCC(O)CN2CCN(CC(=O)N3CCOCC3)CC2)c(OC)c1. The number of piperazine rings is 1. The number of amides is 1. The fourth-order valence-corrected chi connectivity index (χ4v) is 3.87. The van der Waals surface area contributed by atoms with Crippen molar-refractivity contribution in [3.8, 4) is 11.5 Å². The number of methoxy groups -OCH3 is 1. The summed E-state index contributed by atoms with van der Waals surface area (Å²) in [5.74, 6) is 1.46. The topological polar surface area (TPSA) is 74.7 Å². The molecule has 172 valence electrons. The third kappa shape index (κ3) is 7.21. The van der Waals surface area contributed by atoms with Crippen LogP contribution in [0.15, 0.2) is 24.3 Å². The molecule has 0 radical (unpaired) electrons. The average Bonchev–Trinajstić information content (AvgIpc) is 2.80. The zero-order valence-corrected chi connectivity index (χ0v) is 18.7. The van der Waals surface area contributed by atoms with E-state index in [1.54, 1.807) is 7.11 Å². The summed E-state index contributed by atoms with van der Waals surface area (Å²) in [6, 6.07) is 5.74. The summed E-state index contributed by atoms with van der Waals surface area (Å²) in [5.41, 5.74) is 1.04. The number of morpholine rings is 1. The third-order valence-electron chi connectivity index (χ3n) is 5.63. The van der Waals surface area contributed by atoms with Gasteiger partial charge in [0.25, 0.3) is 0 Å². The Bertz CT molecular complexity index is 728. The Balaban J connectivity index is 1.38. The number of aliphatic hydroxyl groups excluding tert-OH is 1. The van der Waals surface area contributed by atoms with E-state index in [0.29, 0.717) is 50.9 Å². The van der Waals surface area contributed by atoms with E-state index < -0.39 is 6.10 Å². The summed E-state index contributed by atoms with van der Waals surface area (Å²) in [6.07, 6.45) is 3.37. The number of aliphatic hydroxyl groups is 1. The molecule has 2 aliphatic heterocycles. The Hall–Kier alpha value is -2.13. The molecule has 1 aromatic rings. The maximum absolute atomic E-state index is 12.4. The normalized spacial score (nSPS) is 19.5. The predicted molar refractivity (Wildman–Crippen MR) is 119 cm³/mol. The van der Waals surface area contributed by atoms with Crippen molar-refractivity contribution in [1.82, 2.24) is 14.7 Å². The van der Waals surface area contributed by atoms with Gasteiger partial charge < -0.3 is 24.2 Å². The average molecular weight is 434 g/mol. The number of nitrogens with zero attached hydrogens (tertiary/aromatic N) is 3. The number of rotatable bonds is 9. The first-order valence-corrected chi connectivity index (χ1v) is 11.0. The number of allylic oxidation sites excluding steroid dienone is 1. The first-order chi connectivity index (χ1) is 15.1. The van der Waals surface area contributed by atoms with Gasteiger partial charge in [0.2, 0.25) is 5.91 Å². The zero-order chi connectivity index (χ0) is 22.1. The fourth-order valence-electron chi connectivity index (χ4n) is 3.87. The fraction of sp³-hybridized carbons (Fsp3) is 0.609. The summed E-state index contributed by atoms with van der Waals surface area (Å²) in [6.45, 7) is 9.12. The maximum atomic E-state index is 12.4. The quantitative estimate of drug-likeness (QED) is 0.621. The van der Waals surface area contributed by atoms with E-state index in [9.17, 15) is 9.90 Å². The maximum Gasteiger partial charge on any atom is 0.236 e. The summed E-state index contributed by atoms with van der Waals surface area (Å²) in [7, 11) is 1.61. The molecule has 2 heterocycles. The number of hydrogen-bond donors (Lipinski definition) is 1. The lowest BCUT2D eigenvalue weighted by Gasteiger charge is -2.36. The number of β-amino-alcohol motifs (C(OH)–C–C–N with tert-alkyl or cyclic N) is 1. The highest BCUT2D eigenvalue weighted by Crippen LogP contribution is 2.28. The van der Waals surface area contributed by atoms with Gasteiger partial charge in [-0.2, -0.15) is 0 Å². The Kier molecular flexibility index (Phi) is 9.14. The van der Waals surface area contributed by atoms with Crippen molar-refractivity contribution in [2.75, 3.05) is 79.3 Å². The molecule has 8 nitrogen and oxygen atoms in total. The minimum Gasteiger partial charge on any atom is -0.493 e. The van der Waals surface area contributed by atoms with Crippen molar-refractivity contribution in [3.63, 3.8) is 0 Å². The Morgan fingerprint density at radius 1 is 1.13 bits per heavy atom. The molecule has 1 atom stereocenters. The van der Waals surface area contributed by atoms with Crippen molar-refractivity contribution >= 4 is 12.0 Å². The number of carbonyl (C=O) groups excluding carboxylic acids is 1. The summed E-state index contributed by atoms with van der Waals surface area (Å²) >= 11 is 0. The molecule has 1 aromatic carbocycles. The zero-order valence-electron chi connectivity index (χ0n) is 18.7. The number of hydrogen-bond acceptors (Lipinski definition) is 7. The van der Waals surface area contributed by atoms with Crippen LogP contribution in [0.2, 0.25) is 0 Å². The molecule has 2 fully saturated rings. The molecule has 1 N–H and O–H groups in total. The van der Waals surface area contributed by atoms with Crippen LogP contribution >= 0.6 is 0 Å².